The predicted octanol–water partition coefficient (Wildman–Crippen LogP) is 3.60. The third kappa shape index (κ3) is 3.81. The Morgan fingerprint density at radius 2 is 1.96 bits per heavy atom. The molecule has 1 amide bonds. The summed E-state index contributed by atoms with van der Waals surface area (Å²) in [6.07, 6.45) is 0. The Hall–Kier alpha value is -3.40. The van der Waals surface area contributed by atoms with Crippen LogP contribution >= 0.6 is 15.9 Å². The number of amides is 1. The zero-order chi connectivity index (χ0) is 20.4. The molecule has 0 aliphatic rings. The molecular formula is C18H12BrFN4O4. The highest BCUT2D eigenvalue weighted by atomic mass is 79.9. The minimum atomic E-state index is -0.869. The zero-order valence-electron chi connectivity index (χ0n) is 14.3. The van der Waals surface area contributed by atoms with Crippen molar-refractivity contribution in [2.75, 3.05) is 5.32 Å². The molecule has 2 aromatic carbocycles. The third-order valence-corrected chi connectivity index (χ3v) is 4.47. The standard InChI is InChI=1S/C18H12BrFN4O4/c1-10-8-16(25)17(22-23(10)14-5-3-2-4-13(14)20)18(26)21-11-6-7-12(19)15(9-11)24(27)28/h2-9H,1H3,(H,21,26). The highest BCUT2D eigenvalue weighted by Gasteiger charge is 2.19. The van der Waals surface area contributed by atoms with Gasteiger partial charge in [0.15, 0.2) is 5.69 Å². The summed E-state index contributed by atoms with van der Waals surface area (Å²) < 4.78 is 15.5. The van der Waals surface area contributed by atoms with Gasteiger partial charge in [0.05, 0.1) is 9.40 Å². The number of hydrogen-bond donors (Lipinski definition) is 1. The van der Waals surface area contributed by atoms with E-state index < -0.39 is 27.8 Å². The summed E-state index contributed by atoms with van der Waals surface area (Å²) in [6, 6.07) is 10.9. The Labute approximate surface area is 165 Å². The first-order chi connectivity index (χ1) is 13.3. The van der Waals surface area contributed by atoms with Crippen molar-refractivity contribution < 1.29 is 14.1 Å². The molecule has 0 spiro atoms. The average Bonchev–Trinajstić information content (AvgIpc) is 2.64. The Morgan fingerprint density at radius 1 is 1.25 bits per heavy atom. The fraction of sp³-hybridized carbons (Fsp3) is 0.0556. The van der Waals surface area contributed by atoms with E-state index in [0.29, 0.717) is 5.69 Å². The molecule has 0 aliphatic heterocycles. The number of nitro groups is 1. The monoisotopic (exact) mass is 446 g/mol. The van der Waals surface area contributed by atoms with Gasteiger partial charge in [-0.2, -0.15) is 5.10 Å². The van der Waals surface area contributed by atoms with E-state index >= 15 is 0 Å². The number of benzene rings is 2. The van der Waals surface area contributed by atoms with Crippen LogP contribution in [0.15, 0.2) is 57.8 Å². The lowest BCUT2D eigenvalue weighted by Crippen LogP contribution is -2.27. The van der Waals surface area contributed by atoms with Crippen molar-refractivity contribution >= 4 is 33.2 Å². The van der Waals surface area contributed by atoms with Gasteiger partial charge in [-0.1, -0.05) is 12.1 Å². The number of hydrogen-bond acceptors (Lipinski definition) is 5. The molecule has 10 heteroatoms. The van der Waals surface area contributed by atoms with Gasteiger partial charge in [0.25, 0.3) is 11.6 Å². The molecule has 28 heavy (non-hydrogen) atoms. The van der Waals surface area contributed by atoms with E-state index in [2.05, 4.69) is 26.3 Å². The molecular weight excluding hydrogens is 435 g/mol. The Kier molecular flexibility index (Phi) is 5.32. The first kappa shape index (κ1) is 19.4. The normalized spacial score (nSPS) is 10.5. The lowest BCUT2D eigenvalue weighted by molar-refractivity contribution is -0.385. The molecule has 3 aromatic rings. The van der Waals surface area contributed by atoms with E-state index in [1.165, 1.54) is 36.4 Å². The van der Waals surface area contributed by atoms with Gasteiger partial charge >= 0.3 is 0 Å². The third-order valence-electron chi connectivity index (χ3n) is 3.80. The number of rotatable bonds is 4. The van der Waals surface area contributed by atoms with E-state index in [1.54, 1.807) is 13.0 Å². The second-order valence-corrected chi connectivity index (χ2v) is 6.59. The molecule has 0 bridgehead atoms. The molecule has 142 valence electrons. The largest absolute Gasteiger partial charge is 0.320 e. The summed E-state index contributed by atoms with van der Waals surface area (Å²) in [5.41, 5.74) is -0.856. The number of carbonyl (C=O) groups is 1. The maximum absolute atomic E-state index is 14.1. The minimum Gasteiger partial charge on any atom is -0.320 e. The van der Waals surface area contributed by atoms with Gasteiger partial charge in [-0.15, -0.1) is 0 Å². The number of para-hydroxylation sites is 1. The van der Waals surface area contributed by atoms with Crippen molar-refractivity contribution in [3.8, 4) is 5.69 Å². The van der Waals surface area contributed by atoms with Crippen LogP contribution in [0.3, 0.4) is 0 Å². The van der Waals surface area contributed by atoms with Crippen LogP contribution in [-0.4, -0.2) is 20.6 Å². The fourth-order valence-corrected chi connectivity index (χ4v) is 2.88. The lowest BCUT2D eigenvalue weighted by Gasteiger charge is -2.12. The molecule has 0 aliphatic carbocycles. The van der Waals surface area contributed by atoms with Crippen molar-refractivity contribution in [3.05, 3.63) is 90.5 Å². The van der Waals surface area contributed by atoms with E-state index in [-0.39, 0.29) is 21.5 Å². The van der Waals surface area contributed by atoms with Crippen LogP contribution in [0, 0.1) is 22.9 Å². The minimum absolute atomic E-state index is 0.0772. The molecule has 0 saturated carbocycles. The van der Waals surface area contributed by atoms with Crippen LogP contribution in [0.5, 0.6) is 0 Å². The molecule has 0 atom stereocenters. The summed E-state index contributed by atoms with van der Waals surface area (Å²) in [7, 11) is 0. The number of aromatic nitrogens is 2. The molecule has 8 nitrogen and oxygen atoms in total. The van der Waals surface area contributed by atoms with Crippen molar-refractivity contribution in [1.82, 2.24) is 9.78 Å². The first-order valence-electron chi connectivity index (χ1n) is 7.89. The van der Waals surface area contributed by atoms with E-state index in [0.717, 1.165) is 10.7 Å². The molecule has 0 saturated heterocycles. The molecule has 0 unspecified atom stereocenters. The van der Waals surface area contributed by atoms with Crippen LogP contribution in [0.4, 0.5) is 15.8 Å². The smallest absolute Gasteiger partial charge is 0.285 e. The Morgan fingerprint density at radius 3 is 2.64 bits per heavy atom. The maximum Gasteiger partial charge on any atom is 0.285 e. The zero-order valence-corrected chi connectivity index (χ0v) is 15.9. The number of aryl methyl sites for hydroxylation is 1. The number of anilines is 1. The number of halogens is 2. The summed E-state index contributed by atoms with van der Waals surface area (Å²) >= 11 is 3.05. The number of nitrogens with zero attached hydrogens (tertiary/aromatic N) is 3. The molecule has 1 N–H and O–H groups in total. The van der Waals surface area contributed by atoms with Gasteiger partial charge < -0.3 is 5.32 Å². The van der Waals surface area contributed by atoms with E-state index in [9.17, 15) is 24.1 Å². The van der Waals surface area contributed by atoms with Crippen LogP contribution in [0.1, 0.15) is 16.2 Å². The fourth-order valence-electron chi connectivity index (χ4n) is 2.49. The summed E-state index contributed by atoms with van der Waals surface area (Å²) in [5.74, 6) is -1.44. The summed E-state index contributed by atoms with van der Waals surface area (Å²) in [4.78, 5) is 35.1. The molecule has 0 radical (unpaired) electrons. The van der Waals surface area contributed by atoms with Crippen molar-refractivity contribution in [2.24, 2.45) is 0 Å². The van der Waals surface area contributed by atoms with Gasteiger partial charge in [0.1, 0.15) is 11.5 Å². The quantitative estimate of drug-likeness (QED) is 0.486. The van der Waals surface area contributed by atoms with Gasteiger partial charge in [0, 0.05) is 23.5 Å². The molecule has 3 rings (SSSR count). The van der Waals surface area contributed by atoms with Gasteiger partial charge in [-0.3, -0.25) is 19.7 Å². The van der Waals surface area contributed by atoms with Crippen LogP contribution in [-0.2, 0) is 0 Å². The number of carbonyl (C=O) groups excluding carboxylic acids is 1. The van der Waals surface area contributed by atoms with Crippen LogP contribution in [0.2, 0.25) is 0 Å². The second-order valence-electron chi connectivity index (χ2n) is 5.74. The van der Waals surface area contributed by atoms with Crippen molar-refractivity contribution in [2.45, 2.75) is 6.92 Å². The van der Waals surface area contributed by atoms with Crippen LogP contribution < -0.4 is 10.7 Å². The summed E-state index contributed by atoms with van der Waals surface area (Å²) in [5, 5.41) is 17.4. The predicted molar refractivity (Wildman–Crippen MR) is 103 cm³/mol. The van der Waals surface area contributed by atoms with Crippen molar-refractivity contribution in [3.63, 3.8) is 0 Å². The van der Waals surface area contributed by atoms with Gasteiger partial charge in [-0.05, 0) is 47.1 Å². The second kappa shape index (κ2) is 7.69. The summed E-state index contributed by atoms with van der Waals surface area (Å²) in [6.45, 7) is 1.56. The molecule has 1 aromatic heterocycles. The topological polar surface area (TPSA) is 107 Å². The highest BCUT2D eigenvalue weighted by molar-refractivity contribution is 9.10. The maximum atomic E-state index is 14.1. The first-order valence-corrected chi connectivity index (χ1v) is 8.68. The number of nitrogens with one attached hydrogen (secondary N) is 1. The average molecular weight is 447 g/mol. The Balaban J connectivity index is 2.00. The molecule has 1 heterocycles. The van der Waals surface area contributed by atoms with Crippen LogP contribution in [0.25, 0.3) is 5.69 Å². The van der Waals surface area contributed by atoms with Gasteiger partial charge in [0.2, 0.25) is 5.43 Å². The van der Waals surface area contributed by atoms with E-state index in [4.69, 9.17) is 0 Å². The Bertz CT molecular complexity index is 1160. The SMILES string of the molecule is Cc1cc(=O)c(C(=O)Nc2ccc(Br)c([N+](=O)[O-])c2)nn1-c1ccccc1F. The highest BCUT2D eigenvalue weighted by Crippen LogP contribution is 2.27. The van der Waals surface area contributed by atoms with Crippen molar-refractivity contribution in [1.29, 1.82) is 0 Å². The van der Waals surface area contributed by atoms with Gasteiger partial charge in [-0.25, -0.2) is 9.07 Å². The van der Waals surface area contributed by atoms with E-state index in [1.807, 2.05) is 0 Å². The lowest BCUT2D eigenvalue weighted by atomic mass is 10.2. The molecule has 0 fully saturated rings. The number of nitro benzene ring substituents is 1.